The molecule has 5 nitrogen and oxygen atoms in total. The lowest BCUT2D eigenvalue weighted by atomic mass is 9.82. The topological polar surface area (TPSA) is 79.1 Å². The summed E-state index contributed by atoms with van der Waals surface area (Å²) in [6.45, 7) is 0.496. The Morgan fingerprint density at radius 1 is 1.46 bits per heavy atom. The van der Waals surface area contributed by atoms with Gasteiger partial charge >= 0.3 is 0 Å². The highest BCUT2D eigenvalue weighted by atomic mass is 16.5. The molecule has 0 radical (unpaired) electrons. The van der Waals surface area contributed by atoms with Crippen molar-refractivity contribution in [3.8, 4) is 0 Å². The second-order valence-electron chi connectivity index (χ2n) is 3.52. The first kappa shape index (κ1) is 10.6. The molecule has 0 saturated heterocycles. The number of aliphatic hydroxyl groups excluding tert-OH is 2. The first-order valence-electron chi connectivity index (χ1n) is 4.36. The molecule has 4 atom stereocenters. The van der Waals surface area contributed by atoms with Gasteiger partial charge in [0.1, 0.15) is 12.1 Å². The van der Waals surface area contributed by atoms with Crippen molar-refractivity contribution < 1.29 is 14.9 Å². The van der Waals surface area contributed by atoms with Crippen LogP contribution in [-0.2, 0) is 4.74 Å². The van der Waals surface area contributed by atoms with Crippen LogP contribution in [0.3, 0.4) is 0 Å². The fraction of sp³-hybridized carbons (Fsp3) is 1.00. The number of nitroso groups, excluding NO2 is 1. The third-order valence-corrected chi connectivity index (χ3v) is 2.48. The number of hydrogen-bond acceptors (Lipinski definition) is 5. The molecule has 0 amide bonds. The molecule has 0 aromatic heterocycles. The van der Waals surface area contributed by atoms with Crippen LogP contribution < -0.4 is 0 Å². The molecule has 5 heteroatoms. The first-order valence-corrected chi connectivity index (χ1v) is 4.36. The SMILES string of the molecule is COCC1CC(O)C(O)C(N=O)C1. The minimum atomic E-state index is -1.01. The van der Waals surface area contributed by atoms with Crippen molar-refractivity contribution in [3.63, 3.8) is 0 Å². The van der Waals surface area contributed by atoms with Gasteiger partial charge in [0.2, 0.25) is 0 Å². The second kappa shape index (κ2) is 4.64. The lowest BCUT2D eigenvalue weighted by Gasteiger charge is -2.32. The predicted octanol–water partition coefficient (Wildman–Crippen LogP) is -0.100. The van der Waals surface area contributed by atoms with E-state index in [-0.39, 0.29) is 5.92 Å². The maximum absolute atomic E-state index is 10.3. The van der Waals surface area contributed by atoms with Crippen molar-refractivity contribution in [1.29, 1.82) is 0 Å². The minimum Gasteiger partial charge on any atom is -0.390 e. The summed E-state index contributed by atoms with van der Waals surface area (Å²) in [5, 5.41) is 21.5. The van der Waals surface area contributed by atoms with Gasteiger partial charge in [-0.3, -0.25) is 0 Å². The summed E-state index contributed by atoms with van der Waals surface area (Å²) in [5.41, 5.74) is 0. The molecular weight excluding hydrogens is 174 g/mol. The highest BCUT2D eigenvalue weighted by Gasteiger charge is 2.36. The van der Waals surface area contributed by atoms with Gasteiger partial charge in [-0.05, 0) is 18.8 Å². The summed E-state index contributed by atoms with van der Waals surface area (Å²) in [5.74, 6) is 0.117. The average molecular weight is 189 g/mol. The van der Waals surface area contributed by atoms with E-state index >= 15 is 0 Å². The van der Waals surface area contributed by atoms with Crippen LogP contribution in [0.2, 0.25) is 0 Å². The van der Waals surface area contributed by atoms with Gasteiger partial charge in [0.15, 0.2) is 0 Å². The maximum Gasteiger partial charge on any atom is 0.121 e. The normalized spacial score (nSPS) is 40.2. The number of rotatable bonds is 3. The van der Waals surface area contributed by atoms with Gasteiger partial charge in [-0.15, -0.1) is 0 Å². The van der Waals surface area contributed by atoms with Gasteiger partial charge in [-0.1, -0.05) is 5.18 Å². The fourth-order valence-electron chi connectivity index (χ4n) is 1.79. The molecular formula is C8H15NO4. The molecule has 4 unspecified atom stereocenters. The van der Waals surface area contributed by atoms with Crippen molar-refractivity contribution in [1.82, 2.24) is 0 Å². The molecule has 0 heterocycles. The van der Waals surface area contributed by atoms with Gasteiger partial charge in [-0.2, -0.15) is 4.91 Å². The van der Waals surface area contributed by atoms with Crippen molar-refractivity contribution in [2.45, 2.75) is 31.1 Å². The summed E-state index contributed by atoms with van der Waals surface area (Å²) >= 11 is 0. The number of hydrogen-bond donors (Lipinski definition) is 2. The van der Waals surface area contributed by atoms with E-state index in [0.717, 1.165) is 0 Å². The molecule has 0 aromatic rings. The largest absolute Gasteiger partial charge is 0.390 e. The Balaban J connectivity index is 2.52. The van der Waals surface area contributed by atoms with Crippen molar-refractivity contribution >= 4 is 0 Å². The Kier molecular flexibility index (Phi) is 3.77. The number of nitrogens with zero attached hydrogens (tertiary/aromatic N) is 1. The lowest BCUT2D eigenvalue weighted by molar-refractivity contribution is -0.0479. The average Bonchev–Trinajstić information content (AvgIpc) is 2.11. The monoisotopic (exact) mass is 189 g/mol. The molecule has 0 bridgehead atoms. The first-order chi connectivity index (χ1) is 6.19. The van der Waals surface area contributed by atoms with Crippen LogP contribution in [-0.4, -0.2) is 42.2 Å². The van der Waals surface area contributed by atoms with E-state index in [4.69, 9.17) is 4.74 Å². The zero-order valence-corrected chi connectivity index (χ0v) is 7.59. The van der Waals surface area contributed by atoms with E-state index in [2.05, 4.69) is 5.18 Å². The molecule has 0 aliphatic heterocycles. The Labute approximate surface area is 76.7 Å². The van der Waals surface area contributed by atoms with Gasteiger partial charge in [0.05, 0.1) is 6.10 Å². The number of ether oxygens (including phenoxy) is 1. The molecule has 1 fully saturated rings. The van der Waals surface area contributed by atoms with Gasteiger partial charge in [0.25, 0.3) is 0 Å². The fourth-order valence-corrected chi connectivity index (χ4v) is 1.79. The molecule has 1 aliphatic carbocycles. The smallest absolute Gasteiger partial charge is 0.121 e. The molecule has 0 aromatic carbocycles. The third-order valence-electron chi connectivity index (χ3n) is 2.48. The summed E-state index contributed by atoms with van der Waals surface area (Å²) < 4.78 is 4.92. The van der Waals surface area contributed by atoms with Crippen LogP contribution in [0.4, 0.5) is 0 Å². The summed E-state index contributed by atoms with van der Waals surface area (Å²) in [6, 6.07) is -0.691. The van der Waals surface area contributed by atoms with Crippen LogP contribution in [0, 0.1) is 10.8 Å². The quantitative estimate of drug-likeness (QED) is 0.607. The Hall–Kier alpha value is -0.520. The van der Waals surface area contributed by atoms with E-state index in [9.17, 15) is 15.1 Å². The zero-order valence-electron chi connectivity index (χ0n) is 7.59. The lowest BCUT2D eigenvalue weighted by Crippen LogP contribution is -2.44. The van der Waals surface area contributed by atoms with E-state index in [1.54, 1.807) is 7.11 Å². The summed E-state index contributed by atoms with van der Waals surface area (Å²) in [6.07, 6.45) is -0.890. The zero-order chi connectivity index (χ0) is 9.84. The summed E-state index contributed by atoms with van der Waals surface area (Å²) in [4.78, 5) is 10.3. The highest BCUT2D eigenvalue weighted by Crippen LogP contribution is 2.27. The molecule has 76 valence electrons. The van der Waals surface area contributed by atoms with Crippen LogP contribution in [0.5, 0.6) is 0 Å². The molecule has 1 saturated carbocycles. The third kappa shape index (κ3) is 2.46. The molecule has 1 aliphatic rings. The Morgan fingerprint density at radius 2 is 2.15 bits per heavy atom. The number of aliphatic hydroxyl groups is 2. The Bertz CT molecular complexity index is 176. The highest BCUT2D eigenvalue weighted by molar-refractivity contribution is 4.90. The van der Waals surface area contributed by atoms with Gasteiger partial charge in [0, 0.05) is 13.7 Å². The van der Waals surface area contributed by atoms with Crippen LogP contribution in [0.25, 0.3) is 0 Å². The van der Waals surface area contributed by atoms with Crippen LogP contribution in [0.1, 0.15) is 12.8 Å². The Morgan fingerprint density at radius 3 is 2.69 bits per heavy atom. The van der Waals surface area contributed by atoms with Crippen LogP contribution in [0.15, 0.2) is 5.18 Å². The van der Waals surface area contributed by atoms with E-state index in [1.165, 1.54) is 0 Å². The predicted molar refractivity (Wildman–Crippen MR) is 46.2 cm³/mol. The van der Waals surface area contributed by atoms with Crippen molar-refractivity contribution in [2.24, 2.45) is 11.1 Å². The summed E-state index contributed by atoms with van der Waals surface area (Å²) in [7, 11) is 1.57. The van der Waals surface area contributed by atoms with E-state index < -0.39 is 18.2 Å². The van der Waals surface area contributed by atoms with Gasteiger partial charge < -0.3 is 14.9 Å². The number of methoxy groups -OCH3 is 1. The van der Waals surface area contributed by atoms with Gasteiger partial charge in [-0.25, -0.2) is 0 Å². The molecule has 1 rings (SSSR count). The molecule has 2 N–H and O–H groups in total. The van der Waals surface area contributed by atoms with E-state index in [0.29, 0.717) is 19.4 Å². The van der Waals surface area contributed by atoms with Crippen LogP contribution >= 0.6 is 0 Å². The second-order valence-corrected chi connectivity index (χ2v) is 3.52. The standard InChI is InChI=1S/C8H15NO4/c1-13-4-5-2-6(9-12)8(11)7(10)3-5/h5-8,10-11H,2-4H2,1H3. The maximum atomic E-state index is 10.3. The van der Waals surface area contributed by atoms with Crippen molar-refractivity contribution in [2.75, 3.05) is 13.7 Å². The molecule has 0 spiro atoms. The molecule has 13 heavy (non-hydrogen) atoms. The minimum absolute atomic E-state index is 0.117. The van der Waals surface area contributed by atoms with Crippen molar-refractivity contribution in [3.05, 3.63) is 4.91 Å². The van der Waals surface area contributed by atoms with E-state index in [1.807, 2.05) is 0 Å².